The average Bonchev–Trinajstić information content (AvgIpc) is 2.83. The third kappa shape index (κ3) is 5.10. The lowest BCUT2D eigenvalue weighted by Gasteiger charge is -2.20. The first-order valence-corrected chi connectivity index (χ1v) is 13.9. The second-order valence-corrected chi connectivity index (χ2v) is 11.6. The summed E-state index contributed by atoms with van der Waals surface area (Å²) in [5, 5.41) is 2.89. The Hall–Kier alpha value is -3.30. The van der Waals surface area contributed by atoms with E-state index in [0.717, 1.165) is 10.8 Å². The van der Waals surface area contributed by atoms with Gasteiger partial charge in [-0.05, 0) is 65.4 Å². The quantitative estimate of drug-likeness (QED) is 0.312. The van der Waals surface area contributed by atoms with Gasteiger partial charge in [0.2, 0.25) is 10.0 Å². The monoisotopic (exact) mass is 639 g/mol. The van der Waals surface area contributed by atoms with Crippen molar-refractivity contribution < 1.29 is 12.8 Å². The topological polar surface area (TPSA) is 124 Å². The molecule has 0 saturated carbocycles. The zero-order valence-electron chi connectivity index (χ0n) is 20.3. The number of halogens is 2. The van der Waals surface area contributed by atoms with E-state index in [-0.39, 0.29) is 34.5 Å². The average molecular weight is 639 g/mol. The Morgan fingerprint density at radius 2 is 1.70 bits per heavy atom. The van der Waals surface area contributed by atoms with Gasteiger partial charge in [0.05, 0.1) is 23.1 Å². The van der Waals surface area contributed by atoms with E-state index in [0.29, 0.717) is 14.8 Å². The van der Waals surface area contributed by atoms with Crippen LogP contribution in [-0.4, -0.2) is 28.4 Å². The van der Waals surface area contributed by atoms with Crippen molar-refractivity contribution in [2.75, 3.05) is 11.6 Å². The van der Waals surface area contributed by atoms with Crippen LogP contribution < -0.4 is 26.8 Å². The van der Waals surface area contributed by atoms with Gasteiger partial charge >= 0.3 is 5.69 Å². The predicted molar refractivity (Wildman–Crippen MR) is 149 cm³/mol. The molecule has 0 saturated heterocycles. The number of nitrogens with one attached hydrogen (secondary N) is 2. The maximum Gasteiger partial charge on any atom is 0.335 e. The van der Waals surface area contributed by atoms with Gasteiger partial charge in [-0.3, -0.25) is 23.3 Å². The number of rotatable bonds is 6. The maximum absolute atomic E-state index is 14.7. The van der Waals surface area contributed by atoms with E-state index in [1.807, 2.05) is 22.6 Å². The molecule has 0 spiro atoms. The fourth-order valence-electron chi connectivity index (χ4n) is 4.03. The van der Waals surface area contributed by atoms with Crippen LogP contribution >= 0.6 is 22.6 Å². The molecule has 0 aliphatic rings. The molecular formula is C24H23FIN5O5S. The molecule has 2 aromatic carbocycles. The van der Waals surface area contributed by atoms with Crippen molar-refractivity contribution >= 4 is 55.0 Å². The molecule has 4 aromatic rings. The number of sulfonamides is 1. The minimum Gasteiger partial charge on any atom is -0.338 e. The van der Waals surface area contributed by atoms with Crippen molar-refractivity contribution in [3.63, 3.8) is 0 Å². The minimum atomic E-state index is -3.46. The Labute approximate surface area is 224 Å². The molecule has 0 amide bonds. The normalized spacial score (nSPS) is 11.7. The van der Waals surface area contributed by atoms with Gasteiger partial charge < -0.3 is 5.32 Å². The number of benzene rings is 2. The Bertz CT molecular complexity index is 1860. The molecule has 2 heterocycles. The Balaban J connectivity index is 2.06. The van der Waals surface area contributed by atoms with E-state index in [1.165, 1.54) is 42.3 Å². The number of aromatic nitrogens is 3. The van der Waals surface area contributed by atoms with Gasteiger partial charge in [0.25, 0.3) is 11.1 Å². The van der Waals surface area contributed by atoms with E-state index >= 15 is 0 Å². The van der Waals surface area contributed by atoms with Crippen LogP contribution in [0.25, 0.3) is 16.6 Å². The number of aryl methyl sites for hydroxylation is 1. The first-order chi connectivity index (χ1) is 17.3. The van der Waals surface area contributed by atoms with E-state index in [9.17, 15) is 27.2 Å². The van der Waals surface area contributed by atoms with Crippen LogP contribution in [0.3, 0.4) is 0 Å². The second-order valence-electron chi connectivity index (χ2n) is 8.56. The summed E-state index contributed by atoms with van der Waals surface area (Å²) in [5.74, 6) is -0.556. The molecular weight excluding hydrogens is 616 g/mol. The van der Waals surface area contributed by atoms with Crippen molar-refractivity contribution in [2.45, 2.75) is 13.5 Å². The maximum atomic E-state index is 14.7. The van der Waals surface area contributed by atoms with Gasteiger partial charge in [0.1, 0.15) is 17.0 Å². The standard InChI is InChI=1S/C24H23FIN5O5S/c1-13-20-19(21(29(2)22(13)32)28-18-9-8-15(26)11-17(18)25)23(33)30(3)24(34)31(20)16-7-5-6-14(10-16)12-27-37(4,35)36/h5-11,27-28H,12H2,1-4H3. The fraction of sp³-hybridized carbons (Fsp3) is 0.208. The summed E-state index contributed by atoms with van der Waals surface area (Å²) in [6, 6.07) is 11.0. The van der Waals surface area contributed by atoms with Crippen LogP contribution in [0.2, 0.25) is 0 Å². The van der Waals surface area contributed by atoms with Crippen molar-refractivity contribution in [3.8, 4) is 5.69 Å². The zero-order chi connectivity index (χ0) is 27.2. The number of nitrogens with zero attached hydrogens (tertiary/aromatic N) is 3. The molecule has 37 heavy (non-hydrogen) atoms. The molecule has 0 radical (unpaired) electrons. The van der Waals surface area contributed by atoms with Crippen molar-refractivity contribution in [3.05, 3.63) is 94.2 Å². The molecule has 2 N–H and O–H groups in total. The van der Waals surface area contributed by atoms with Gasteiger partial charge in [0.15, 0.2) is 0 Å². The van der Waals surface area contributed by atoms with Gasteiger partial charge in [-0.15, -0.1) is 0 Å². The molecule has 194 valence electrons. The van der Waals surface area contributed by atoms with Crippen LogP contribution in [0.4, 0.5) is 15.9 Å². The molecule has 0 atom stereocenters. The first-order valence-electron chi connectivity index (χ1n) is 10.9. The Morgan fingerprint density at radius 1 is 1.00 bits per heavy atom. The third-order valence-electron chi connectivity index (χ3n) is 5.90. The SMILES string of the molecule is Cc1c(=O)n(C)c(Nc2ccc(I)cc2F)c2c(=O)n(C)c(=O)n(-c3cccc(CNS(C)(=O)=O)c3)c12. The molecule has 4 rings (SSSR count). The molecule has 2 aromatic heterocycles. The second kappa shape index (κ2) is 9.87. The first kappa shape index (κ1) is 26.8. The molecule has 0 unspecified atom stereocenters. The van der Waals surface area contributed by atoms with Gasteiger partial charge in [0, 0.05) is 29.8 Å². The van der Waals surface area contributed by atoms with Crippen molar-refractivity contribution in [1.82, 2.24) is 18.4 Å². The van der Waals surface area contributed by atoms with Crippen molar-refractivity contribution in [1.29, 1.82) is 0 Å². The predicted octanol–water partition coefficient (Wildman–Crippen LogP) is 2.23. The summed E-state index contributed by atoms with van der Waals surface area (Å²) < 4.78 is 44.2. The number of anilines is 2. The highest BCUT2D eigenvalue weighted by molar-refractivity contribution is 14.1. The summed E-state index contributed by atoms with van der Waals surface area (Å²) in [7, 11) is -0.698. The summed E-state index contributed by atoms with van der Waals surface area (Å²) >= 11 is 1.97. The smallest absolute Gasteiger partial charge is 0.335 e. The molecule has 0 aliphatic heterocycles. The summed E-state index contributed by atoms with van der Waals surface area (Å²) in [5.41, 5.74) is -0.726. The fourth-order valence-corrected chi connectivity index (χ4v) is 4.91. The molecule has 0 bridgehead atoms. The Kier molecular flexibility index (Phi) is 7.14. The summed E-state index contributed by atoms with van der Waals surface area (Å²) in [6.45, 7) is 1.48. The lowest BCUT2D eigenvalue weighted by Crippen LogP contribution is -2.40. The van der Waals surface area contributed by atoms with E-state index in [2.05, 4.69) is 10.0 Å². The van der Waals surface area contributed by atoms with Crippen LogP contribution in [0.15, 0.2) is 56.8 Å². The molecule has 13 heteroatoms. The van der Waals surface area contributed by atoms with Crippen molar-refractivity contribution in [2.24, 2.45) is 14.1 Å². The highest BCUT2D eigenvalue weighted by atomic mass is 127. The minimum absolute atomic E-state index is 0.0133. The largest absolute Gasteiger partial charge is 0.338 e. The summed E-state index contributed by atoms with van der Waals surface area (Å²) in [4.78, 5) is 40.0. The third-order valence-corrected chi connectivity index (χ3v) is 7.24. The van der Waals surface area contributed by atoms with Crippen LogP contribution in [0, 0.1) is 16.3 Å². The molecule has 0 aliphatic carbocycles. The number of hydrogen-bond acceptors (Lipinski definition) is 6. The van der Waals surface area contributed by atoms with E-state index in [4.69, 9.17) is 0 Å². The summed E-state index contributed by atoms with van der Waals surface area (Å²) in [6.07, 6.45) is 1.03. The number of fused-ring (bicyclic) bond motifs is 1. The highest BCUT2D eigenvalue weighted by Gasteiger charge is 2.23. The molecule has 10 nitrogen and oxygen atoms in total. The van der Waals surface area contributed by atoms with Crippen LogP contribution in [0.1, 0.15) is 11.1 Å². The lowest BCUT2D eigenvalue weighted by atomic mass is 10.1. The van der Waals surface area contributed by atoms with Gasteiger partial charge in [-0.2, -0.15) is 0 Å². The lowest BCUT2D eigenvalue weighted by molar-refractivity contribution is 0.587. The van der Waals surface area contributed by atoms with E-state index < -0.39 is 32.6 Å². The number of pyridine rings is 1. The number of hydrogen-bond donors (Lipinski definition) is 2. The van der Waals surface area contributed by atoms with Crippen LogP contribution in [0.5, 0.6) is 0 Å². The molecule has 0 fully saturated rings. The Morgan fingerprint density at radius 3 is 2.35 bits per heavy atom. The zero-order valence-corrected chi connectivity index (χ0v) is 23.3. The van der Waals surface area contributed by atoms with Gasteiger partial charge in [-0.1, -0.05) is 12.1 Å². The van der Waals surface area contributed by atoms with Gasteiger partial charge in [-0.25, -0.2) is 22.3 Å². The van der Waals surface area contributed by atoms with Crippen LogP contribution in [-0.2, 0) is 30.7 Å². The van der Waals surface area contributed by atoms with E-state index in [1.54, 1.807) is 30.3 Å². The highest BCUT2D eigenvalue weighted by Crippen LogP contribution is 2.27.